The number of aromatic nitrogens is 3. The van der Waals surface area contributed by atoms with Crippen molar-refractivity contribution in [3.63, 3.8) is 0 Å². The van der Waals surface area contributed by atoms with E-state index in [9.17, 15) is 9.18 Å². The van der Waals surface area contributed by atoms with Gasteiger partial charge in [-0.05, 0) is 19.1 Å². The highest BCUT2D eigenvalue weighted by Crippen LogP contribution is 2.12. The van der Waals surface area contributed by atoms with E-state index in [2.05, 4.69) is 19.7 Å². The number of pyridine rings is 1. The molecule has 0 aliphatic carbocycles. The first-order chi connectivity index (χ1) is 7.66. The van der Waals surface area contributed by atoms with Crippen LogP contribution in [-0.4, -0.2) is 20.2 Å². The molecule has 2 heterocycles. The van der Waals surface area contributed by atoms with Crippen LogP contribution in [0.15, 0.2) is 18.3 Å². The second kappa shape index (κ2) is 4.31. The van der Waals surface area contributed by atoms with Crippen LogP contribution in [0.3, 0.4) is 0 Å². The van der Waals surface area contributed by atoms with Crippen LogP contribution < -0.4 is 5.32 Å². The van der Waals surface area contributed by atoms with E-state index in [1.54, 1.807) is 6.92 Å². The van der Waals surface area contributed by atoms with Crippen LogP contribution in [0.5, 0.6) is 0 Å². The molecule has 2 aromatic rings. The third-order valence-electron chi connectivity index (χ3n) is 1.75. The van der Waals surface area contributed by atoms with Crippen molar-refractivity contribution in [2.75, 3.05) is 5.32 Å². The van der Waals surface area contributed by atoms with Gasteiger partial charge < -0.3 is 0 Å². The van der Waals surface area contributed by atoms with Gasteiger partial charge in [0.05, 0.1) is 5.56 Å². The third kappa shape index (κ3) is 2.19. The molecule has 0 aliphatic rings. The predicted molar refractivity (Wildman–Crippen MR) is 56.8 cm³/mol. The number of carbonyl (C=O) groups excluding carboxylic acids is 1. The predicted octanol–water partition coefficient (Wildman–Crippen LogP) is 1.63. The minimum Gasteiger partial charge on any atom is -0.296 e. The van der Waals surface area contributed by atoms with Gasteiger partial charge in [0, 0.05) is 17.7 Å². The van der Waals surface area contributed by atoms with Crippen LogP contribution in [0.2, 0.25) is 0 Å². The van der Waals surface area contributed by atoms with Crippen molar-refractivity contribution >= 4 is 22.6 Å². The van der Waals surface area contributed by atoms with Gasteiger partial charge in [-0.2, -0.15) is 8.76 Å². The fraction of sp³-hybridized carbons (Fsp3) is 0.111. The van der Waals surface area contributed by atoms with Crippen molar-refractivity contribution < 1.29 is 9.18 Å². The summed E-state index contributed by atoms with van der Waals surface area (Å²) in [5, 5.41) is 2.78. The van der Waals surface area contributed by atoms with E-state index >= 15 is 0 Å². The molecule has 0 aromatic carbocycles. The Morgan fingerprint density at radius 3 is 3.00 bits per heavy atom. The highest BCUT2D eigenvalue weighted by Gasteiger charge is 2.13. The Balaban J connectivity index is 2.18. The maximum atomic E-state index is 13.1. The fourth-order valence-corrected chi connectivity index (χ4v) is 1.64. The van der Waals surface area contributed by atoms with Gasteiger partial charge in [-0.3, -0.25) is 10.1 Å². The fourth-order valence-electron chi connectivity index (χ4n) is 1.07. The van der Waals surface area contributed by atoms with Crippen LogP contribution in [0.25, 0.3) is 0 Å². The summed E-state index contributed by atoms with van der Waals surface area (Å²) in [5.74, 6) is -0.824. The maximum Gasteiger partial charge on any atom is 0.262 e. The van der Waals surface area contributed by atoms with Crippen molar-refractivity contribution in [3.05, 3.63) is 35.7 Å². The summed E-state index contributed by atoms with van der Waals surface area (Å²) in [5.41, 5.74) is -0.115. The van der Waals surface area contributed by atoms with Gasteiger partial charge in [0.15, 0.2) is 0 Å². The molecule has 0 fully saturated rings. The largest absolute Gasteiger partial charge is 0.296 e. The first-order valence-electron chi connectivity index (χ1n) is 4.39. The molecular weight excluding hydrogens is 231 g/mol. The molecule has 82 valence electrons. The number of nitrogens with one attached hydrogen (secondary N) is 1. The Hall–Kier alpha value is -1.89. The Morgan fingerprint density at radius 1 is 1.56 bits per heavy atom. The van der Waals surface area contributed by atoms with Gasteiger partial charge in [0.2, 0.25) is 11.1 Å². The van der Waals surface area contributed by atoms with Crippen molar-refractivity contribution in [2.45, 2.75) is 6.92 Å². The Bertz CT molecular complexity index is 528. The summed E-state index contributed by atoms with van der Waals surface area (Å²) in [6.07, 6.45) is 1.28. The lowest BCUT2D eigenvalue weighted by molar-refractivity contribution is 0.102. The van der Waals surface area contributed by atoms with Gasteiger partial charge in [0.1, 0.15) is 5.82 Å². The molecule has 0 spiro atoms. The average Bonchev–Trinajstić information content (AvgIpc) is 2.64. The minimum atomic E-state index is -0.804. The van der Waals surface area contributed by atoms with E-state index in [0.29, 0.717) is 11.0 Å². The summed E-state index contributed by atoms with van der Waals surface area (Å²) < 4.78 is 17.0. The topological polar surface area (TPSA) is 67.8 Å². The van der Waals surface area contributed by atoms with Crippen molar-refractivity contribution in [1.82, 2.24) is 14.3 Å². The molecule has 0 saturated carbocycles. The quantitative estimate of drug-likeness (QED) is 0.807. The molecule has 0 bridgehead atoms. The van der Waals surface area contributed by atoms with Crippen LogP contribution in [-0.2, 0) is 0 Å². The molecule has 0 atom stereocenters. The van der Waals surface area contributed by atoms with Crippen molar-refractivity contribution in [3.8, 4) is 0 Å². The minimum absolute atomic E-state index is 0.115. The van der Waals surface area contributed by atoms with Gasteiger partial charge in [-0.1, -0.05) is 0 Å². The van der Waals surface area contributed by atoms with E-state index < -0.39 is 11.9 Å². The maximum absolute atomic E-state index is 13.1. The normalized spacial score (nSPS) is 10.1. The SMILES string of the molecule is Cc1nsc(NC(=O)c2cccnc2F)n1. The number of aryl methyl sites for hydroxylation is 1. The first kappa shape index (κ1) is 10.6. The molecule has 0 aliphatic heterocycles. The standard InChI is InChI=1S/C9H7FN4OS/c1-5-12-9(16-14-5)13-8(15)6-3-2-4-11-7(6)10/h2-4H,1H3,(H,12,13,14,15). The summed E-state index contributed by atoms with van der Waals surface area (Å²) >= 11 is 1.04. The lowest BCUT2D eigenvalue weighted by atomic mass is 10.2. The lowest BCUT2D eigenvalue weighted by Gasteiger charge is -2.00. The molecule has 7 heteroatoms. The smallest absolute Gasteiger partial charge is 0.262 e. The van der Waals surface area contributed by atoms with Crippen molar-refractivity contribution in [2.24, 2.45) is 0 Å². The molecule has 16 heavy (non-hydrogen) atoms. The second-order valence-corrected chi connectivity index (χ2v) is 3.69. The van der Waals surface area contributed by atoms with E-state index in [0.717, 1.165) is 11.5 Å². The number of carbonyl (C=O) groups is 1. The average molecular weight is 238 g/mol. The third-order valence-corrected chi connectivity index (χ3v) is 2.47. The second-order valence-electron chi connectivity index (χ2n) is 2.94. The van der Waals surface area contributed by atoms with Gasteiger partial charge >= 0.3 is 0 Å². The molecular formula is C9H7FN4OS. The summed E-state index contributed by atoms with van der Waals surface area (Å²) in [6, 6.07) is 2.84. The molecule has 1 N–H and O–H groups in total. The van der Waals surface area contributed by atoms with Crippen LogP contribution in [0.4, 0.5) is 9.52 Å². The molecule has 0 unspecified atom stereocenters. The summed E-state index contributed by atoms with van der Waals surface area (Å²) in [7, 11) is 0. The van der Waals surface area contributed by atoms with Gasteiger partial charge in [0.25, 0.3) is 5.91 Å². The Morgan fingerprint density at radius 2 is 2.38 bits per heavy atom. The Labute approximate surface area is 94.5 Å². The molecule has 0 radical (unpaired) electrons. The molecule has 2 aromatic heterocycles. The van der Waals surface area contributed by atoms with Gasteiger partial charge in [-0.15, -0.1) is 0 Å². The monoisotopic (exact) mass is 238 g/mol. The number of nitrogens with zero attached hydrogens (tertiary/aromatic N) is 3. The zero-order valence-electron chi connectivity index (χ0n) is 8.27. The first-order valence-corrected chi connectivity index (χ1v) is 5.16. The summed E-state index contributed by atoms with van der Waals surface area (Å²) in [6.45, 7) is 1.71. The number of rotatable bonds is 2. The van der Waals surface area contributed by atoms with Crippen LogP contribution in [0.1, 0.15) is 16.2 Å². The molecule has 0 saturated heterocycles. The molecule has 1 amide bonds. The Kier molecular flexibility index (Phi) is 2.86. The zero-order chi connectivity index (χ0) is 11.5. The van der Waals surface area contributed by atoms with E-state index in [1.165, 1.54) is 18.3 Å². The molecule has 5 nitrogen and oxygen atoms in total. The highest BCUT2D eigenvalue weighted by molar-refractivity contribution is 7.09. The zero-order valence-corrected chi connectivity index (χ0v) is 9.08. The van der Waals surface area contributed by atoms with Gasteiger partial charge in [-0.25, -0.2) is 9.97 Å². The lowest BCUT2D eigenvalue weighted by Crippen LogP contribution is -2.14. The van der Waals surface area contributed by atoms with E-state index in [-0.39, 0.29) is 5.56 Å². The molecule has 2 rings (SSSR count). The number of halogens is 1. The van der Waals surface area contributed by atoms with E-state index in [1.807, 2.05) is 0 Å². The van der Waals surface area contributed by atoms with Crippen LogP contribution in [0, 0.1) is 12.9 Å². The number of hydrogen-bond donors (Lipinski definition) is 1. The number of hydrogen-bond acceptors (Lipinski definition) is 5. The van der Waals surface area contributed by atoms with Crippen LogP contribution >= 0.6 is 11.5 Å². The number of anilines is 1. The van der Waals surface area contributed by atoms with E-state index in [4.69, 9.17) is 0 Å². The highest BCUT2D eigenvalue weighted by atomic mass is 32.1. The van der Waals surface area contributed by atoms with Crippen molar-refractivity contribution in [1.29, 1.82) is 0 Å². The summed E-state index contributed by atoms with van der Waals surface area (Å²) in [4.78, 5) is 18.9. The number of amides is 1.